The lowest BCUT2D eigenvalue weighted by atomic mass is 10.1. The summed E-state index contributed by atoms with van der Waals surface area (Å²) in [4.78, 5) is 60.6. The summed E-state index contributed by atoms with van der Waals surface area (Å²) in [6.45, 7) is 2.87. The number of amides is 3. The first-order valence-electron chi connectivity index (χ1n) is 13.8. The van der Waals surface area contributed by atoms with Gasteiger partial charge >= 0.3 is 12.1 Å². The Hall–Kier alpha value is -6.12. The number of anilines is 3. The van der Waals surface area contributed by atoms with Crippen LogP contribution < -0.4 is 15.5 Å². The molecule has 0 spiro atoms. The molecule has 15 nitrogen and oxygen atoms in total. The molecule has 3 amide bonds. The number of nitrogens with zero attached hydrogens (tertiary/aromatic N) is 6. The topological polar surface area (TPSA) is 183 Å². The van der Waals surface area contributed by atoms with Crippen molar-refractivity contribution in [3.05, 3.63) is 95.4 Å². The van der Waals surface area contributed by atoms with Crippen LogP contribution in [0.2, 0.25) is 0 Å². The molecule has 1 aliphatic rings. The average Bonchev–Trinajstić information content (AvgIpc) is 3.55. The van der Waals surface area contributed by atoms with E-state index in [2.05, 4.69) is 30.9 Å². The molecule has 2 N–H and O–H groups in total. The zero-order valence-electron chi connectivity index (χ0n) is 24.1. The van der Waals surface area contributed by atoms with Crippen molar-refractivity contribution in [3.63, 3.8) is 0 Å². The van der Waals surface area contributed by atoms with Gasteiger partial charge in [0.2, 0.25) is 6.79 Å². The SMILES string of the molecule is Cc1ccc(C(=O)N(C(=O)OCOC(=O)c2cccnc2)c2ccon2)cc1Nc1ncnn2cc(C(=O)NC3CC3)c(C)c12. The second-order valence-corrected chi connectivity index (χ2v) is 10.2. The van der Waals surface area contributed by atoms with Gasteiger partial charge in [0.25, 0.3) is 11.8 Å². The van der Waals surface area contributed by atoms with Crippen LogP contribution in [0.3, 0.4) is 0 Å². The molecule has 4 aromatic heterocycles. The molecule has 15 heteroatoms. The van der Waals surface area contributed by atoms with Gasteiger partial charge in [-0.15, -0.1) is 0 Å². The minimum Gasteiger partial charge on any atom is -0.424 e. The third-order valence-electron chi connectivity index (χ3n) is 7.03. The number of ether oxygens (including phenoxy) is 2. The fourth-order valence-electron chi connectivity index (χ4n) is 4.48. The van der Waals surface area contributed by atoms with E-state index in [1.54, 1.807) is 22.8 Å². The van der Waals surface area contributed by atoms with Crippen molar-refractivity contribution in [2.75, 3.05) is 17.0 Å². The van der Waals surface area contributed by atoms with Crippen LogP contribution in [0.4, 0.5) is 22.1 Å². The Labute approximate surface area is 255 Å². The summed E-state index contributed by atoms with van der Waals surface area (Å²) in [5, 5.41) is 14.2. The van der Waals surface area contributed by atoms with Gasteiger partial charge in [0.1, 0.15) is 18.1 Å². The third kappa shape index (κ3) is 6.17. The zero-order valence-corrected chi connectivity index (χ0v) is 24.1. The molecular weight excluding hydrogens is 584 g/mol. The molecule has 45 heavy (non-hydrogen) atoms. The summed E-state index contributed by atoms with van der Waals surface area (Å²) >= 11 is 0. The molecule has 0 saturated heterocycles. The maximum absolute atomic E-state index is 13.7. The number of carbonyl (C=O) groups is 4. The predicted molar refractivity (Wildman–Crippen MR) is 157 cm³/mol. The Morgan fingerprint density at radius 2 is 1.93 bits per heavy atom. The number of esters is 1. The number of hydrogen-bond donors (Lipinski definition) is 2. The molecule has 4 heterocycles. The fraction of sp³-hybridized carbons (Fsp3) is 0.200. The number of benzene rings is 1. The minimum absolute atomic E-state index is 0.0945. The van der Waals surface area contributed by atoms with Crippen molar-refractivity contribution in [2.24, 2.45) is 0 Å². The average molecular weight is 611 g/mol. The van der Waals surface area contributed by atoms with Gasteiger partial charge in [0.15, 0.2) is 11.6 Å². The van der Waals surface area contributed by atoms with E-state index in [-0.39, 0.29) is 28.9 Å². The quantitative estimate of drug-likeness (QED) is 0.181. The van der Waals surface area contributed by atoms with E-state index in [4.69, 9.17) is 14.0 Å². The van der Waals surface area contributed by atoms with Crippen molar-refractivity contribution in [3.8, 4) is 0 Å². The van der Waals surface area contributed by atoms with Gasteiger partial charge in [0, 0.05) is 41.9 Å². The highest BCUT2D eigenvalue weighted by atomic mass is 16.7. The summed E-state index contributed by atoms with van der Waals surface area (Å²) in [7, 11) is 0. The van der Waals surface area contributed by atoms with Crippen LogP contribution in [0.1, 0.15) is 55.0 Å². The van der Waals surface area contributed by atoms with E-state index < -0.39 is 24.8 Å². The van der Waals surface area contributed by atoms with Crippen LogP contribution in [0.15, 0.2) is 72.1 Å². The van der Waals surface area contributed by atoms with Crippen molar-refractivity contribution >= 4 is 46.7 Å². The highest BCUT2D eigenvalue weighted by molar-refractivity contribution is 6.19. The largest absolute Gasteiger partial charge is 0.425 e. The van der Waals surface area contributed by atoms with E-state index >= 15 is 0 Å². The molecule has 228 valence electrons. The number of imide groups is 1. The van der Waals surface area contributed by atoms with Crippen LogP contribution in [0.5, 0.6) is 0 Å². The number of hydrogen-bond acceptors (Lipinski definition) is 12. The highest BCUT2D eigenvalue weighted by Crippen LogP contribution is 2.29. The van der Waals surface area contributed by atoms with Crippen LogP contribution in [0.25, 0.3) is 5.52 Å². The maximum Gasteiger partial charge on any atom is 0.425 e. The van der Waals surface area contributed by atoms with E-state index in [0.29, 0.717) is 33.0 Å². The molecule has 1 aliphatic carbocycles. The van der Waals surface area contributed by atoms with Gasteiger partial charge in [0.05, 0.1) is 11.1 Å². The molecule has 0 radical (unpaired) electrons. The molecule has 5 aromatic rings. The number of aryl methyl sites for hydroxylation is 2. The second-order valence-electron chi connectivity index (χ2n) is 10.2. The number of carbonyl (C=O) groups excluding carboxylic acids is 4. The molecule has 1 fully saturated rings. The lowest BCUT2D eigenvalue weighted by Crippen LogP contribution is -2.38. The molecule has 0 atom stereocenters. The van der Waals surface area contributed by atoms with E-state index in [1.807, 2.05) is 13.8 Å². The molecule has 6 rings (SSSR count). The van der Waals surface area contributed by atoms with Gasteiger partial charge in [-0.2, -0.15) is 10.00 Å². The molecular formula is C30H26N8O7. The summed E-state index contributed by atoms with van der Waals surface area (Å²) in [5.41, 5.74) is 3.28. The smallest absolute Gasteiger partial charge is 0.424 e. The first-order valence-corrected chi connectivity index (χ1v) is 13.8. The second kappa shape index (κ2) is 12.2. The van der Waals surface area contributed by atoms with Crippen LogP contribution in [-0.4, -0.2) is 61.5 Å². The van der Waals surface area contributed by atoms with Crippen LogP contribution in [-0.2, 0) is 9.47 Å². The van der Waals surface area contributed by atoms with E-state index in [9.17, 15) is 19.2 Å². The Bertz CT molecular complexity index is 1900. The Morgan fingerprint density at radius 1 is 1.09 bits per heavy atom. The first kappa shape index (κ1) is 29.0. The lowest BCUT2D eigenvalue weighted by Gasteiger charge is -2.18. The predicted octanol–water partition coefficient (Wildman–Crippen LogP) is 3.96. The van der Waals surface area contributed by atoms with E-state index in [0.717, 1.165) is 18.4 Å². The van der Waals surface area contributed by atoms with Gasteiger partial charge in [-0.25, -0.2) is 19.1 Å². The Balaban J connectivity index is 1.22. The molecule has 1 aromatic carbocycles. The third-order valence-corrected chi connectivity index (χ3v) is 7.03. The minimum atomic E-state index is -1.15. The first-order chi connectivity index (χ1) is 21.8. The molecule has 0 unspecified atom stereocenters. The summed E-state index contributed by atoms with van der Waals surface area (Å²) in [5.74, 6) is -1.47. The molecule has 0 bridgehead atoms. The number of aromatic nitrogens is 5. The summed E-state index contributed by atoms with van der Waals surface area (Å²) in [6, 6.07) is 9.30. The van der Waals surface area contributed by atoms with Crippen molar-refractivity contribution in [1.29, 1.82) is 0 Å². The summed E-state index contributed by atoms with van der Waals surface area (Å²) < 4.78 is 16.5. The highest BCUT2D eigenvalue weighted by Gasteiger charge is 2.30. The van der Waals surface area contributed by atoms with Crippen molar-refractivity contribution in [1.82, 2.24) is 30.1 Å². The van der Waals surface area contributed by atoms with Crippen LogP contribution in [0, 0.1) is 13.8 Å². The van der Waals surface area contributed by atoms with Gasteiger partial charge in [-0.05, 0) is 62.1 Å². The van der Waals surface area contributed by atoms with Gasteiger partial charge < -0.3 is 24.6 Å². The number of fused-ring (bicyclic) bond motifs is 1. The molecule has 1 saturated carbocycles. The van der Waals surface area contributed by atoms with Crippen molar-refractivity contribution < 1.29 is 33.2 Å². The monoisotopic (exact) mass is 610 g/mol. The number of nitrogens with one attached hydrogen (secondary N) is 2. The summed E-state index contributed by atoms with van der Waals surface area (Å²) in [6.07, 6.45) is 7.76. The Morgan fingerprint density at radius 3 is 2.67 bits per heavy atom. The standard InChI is InChI=1S/C30H26N8O7/c1-17-5-6-19(12-23(17)35-26-25-18(2)22(14-37(25)33-15-32-26)27(39)34-21-7-8-21)28(40)38(24-9-11-45-36-24)30(42)44-16-43-29(41)20-4-3-10-31-13-20/h3-6,9-15,21H,7-8,16H2,1-2H3,(H,34,39)(H,32,33,35). The maximum atomic E-state index is 13.7. The van der Waals surface area contributed by atoms with Crippen LogP contribution >= 0.6 is 0 Å². The molecule has 0 aliphatic heterocycles. The fourth-order valence-corrected chi connectivity index (χ4v) is 4.48. The lowest BCUT2D eigenvalue weighted by molar-refractivity contribution is -0.000418. The number of pyridine rings is 1. The van der Waals surface area contributed by atoms with Gasteiger partial charge in [-0.1, -0.05) is 11.2 Å². The Kier molecular flexibility index (Phi) is 7.88. The number of rotatable bonds is 9. The van der Waals surface area contributed by atoms with Gasteiger partial charge in [-0.3, -0.25) is 14.6 Å². The normalized spacial score (nSPS) is 12.4. The zero-order chi connectivity index (χ0) is 31.5. The van der Waals surface area contributed by atoms with Crippen molar-refractivity contribution in [2.45, 2.75) is 32.7 Å². The van der Waals surface area contributed by atoms with E-state index in [1.165, 1.54) is 49.2 Å².